The lowest BCUT2D eigenvalue weighted by Crippen LogP contribution is -2.01. The van der Waals surface area contributed by atoms with Gasteiger partial charge in [0.2, 0.25) is 0 Å². The van der Waals surface area contributed by atoms with Crippen molar-refractivity contribution in [2.45, 2.75) is 52.4 Å². The van der Waals surface area contributed by atoms with E-state index in [0.717, 1.165) is 35.4 Å². The van der Waals surface area contributed by atoms with E-state index >= 15 is 0 Å². The van der Waals surface area contributed by atoms with Crippen LogP contribution in [-0.2, 0) is 6.42 Å². The van der Waals surface area contributed by atoms with E-state index in [9.17, 15) is 15.0 Å². The van der Waals surface area contributed by atoms with Gasteiger partial charge in [0, 0.05) is 0 Å². The maximum absolute atomic E-state index is 11.5. The summed E-state index contributed by atoms with van der Waals surface area (Å²) in [7, 11) is 0. The van der Waals surface area contributed by atoms with Crippen LogP contribution >= 0.6 is 0 Å². The Balaban J connectivity index is 2.11. The molecule has 0 aliphatic rings. The van der Waals surface area contributed by atoms with Crippen LogP contribution in [0.15, 0.2) is 42.5 Å². The molecule has 2 aromatic rings. The van der Waals surface area contributed by atoms with Gasteiger partial charge in [-0.3, -0.25) is 0 Å². The summed E-state index contributed by atoms with van der Waals surface area (Å²) in [6.07, 6.45) is 6.43. The number of rotatable bonds is 9. The van der Waals surface area contributed by atoms with Crippen LogP contribution in [0.3, 0.4) is 0 Å². The Hall–Kier alpha value is -2.29. The van der Waals surface area contributed by atoms with E-state index in [4.69, 9.17) is 0 Å². The molecule has 2 aromatic carbocycles. The lowest BCUT2D eigenvalue weighted by molar-refractivity contribution is 0.0693. The molecule has 3 heteroatoms. The topological polar surface area (TPSA) is 57.5 Å². The first-order chi connectivity index (χ1) is 12.0. The first-order valence-electron chi connectivity index (χ1n) is 9.13. The maximum atomic E-state index is 11.5. The van der Waals surface area contributed by atoms with Crippen LogP contribution in [0.25, 0.3) is 11.1 Å². The fourth-order valence-corrected chi connectivity index (χ4v) is 3.07. The largest absolute Gasteiger partial charge is 0.507 e. The summed E-state index contributed by atoms with van der Waals surface area (Å²) < 4.78 is 0. The number of carboxylic acid groups (broad SMARTS) is 1. The zero-order chi connectivity index (χ0) is 18.2. The molecule has 0 atom stereocenters. The monoisotopic (exact) mass is 340 g/mol. The van der Waals surface area contributed by atoms with Gasteiger partial charge < -0.3 is 10.2 Å². The highest BCUT2D eigenvalue weighted by atomic mass is 16.4. The van der Waals surface area contributed by atoms with Crippen molar-refractivity contribution in [1.29, 1.82) is 0 Å². The Morgan fingerprint density at radius 3 is 2.28 bits per heavy atom. The van der Waals surface area contributed by atoms with E-state index in [1.54, 1.807) is 6.07 Å². The molecule has 0 saturated carbocycles. The van der Waals surface area contributed by atoms with Crippen molar-refractivity contribution in [1.82, 2.24) is 0 Å². The summed E-state index contributed by atoms with van der Waals surface area (Å²) in [6, 6.07) is 13.2. The Morgan fingerprint density at radius 2 is 1.64 bits per heavy atom. The number of phenols is 1. The summed E-state index contributed by atoms with van der Waals surface area (Å²) in [5.41, 5.74) is 2.51. The number of carbonyl (C=O) groups is 1. The van der Waals surface area contributed by atoms with Crippen LogP contribution < -0.4 is 0 Å². The molecule has 0 bridgehead atoms. The molecular weight excluding hydrogens is 312 g/mol. The molecule has 0 aliphatic heterocycles. The van der Waals surface area contributed by atoms with Gasteiger partial charge in [-0.1, -0.05) is 69.9 Å². The third kappa shape index (κ3) is 5.63. The van der Waals surface area contributed by atoms with Crippen molar-refractivity contribution >= 4 is 5.97 Å². The summed E-state index contributed by atoms with van der Waals surface area (Å²) in [6.45, 7) is 4.47. The SMILES string of the molecule is CC(C)CCCCCCc1cc(-c2ccccc2)cc(C(=O)O)c1O. The fourth-order valence-electron chi connectivity index (χ4n) is 3.07. The average molecular weight is 340 g/mol. The van der Waals surface area contributed by atoms with E-state index in [1.165, 1.54) is 19.3 Å². The molecule has 0 saturated heterocycles. The number of aromatic carboxylic acids is 1. The van der Waals surface area contributed by atoms with Gasteiger partial charge in [-0.15, -0.1) is 0 Å². The Morgan fingerprint density at radius 1 is 0.960 bits per heavy atom. The highest BCUT2D eigenvalue weighted by Gasteiger charge is 2.16. The van der Waals surface area contributed by atoms with Crippen LogP contribution in [0.1, 0.15) is 61.9 Å². The Labute approximate surface area is 150 Å². The molecule has 0 radical (unpaired) electrons. The molecule has 0 spiro atoms. The van der Waals surface area contributed by atoms with Crippen LogP contribution in [0.2, 0.25) is 0 Å². The predicted octanol–water partition coefficient (Wildman–Crippen LogP) is 5.91. The Kier molecular flexibility index (Phi) is 7.05. The molecule has 0 aliphatic carbocycles. The molecule has 0 fully saturated rings. The van der Waals surface area contributed by atoms with Crippen molar-refractivity contribution in [3.05, 3.63) is 53.6 Å². The number of aromatic hydroxyl groups is 1. The zero-order valence-corrected chi connectivity index (χ0v) is 15.2. The van der Waals surface area contributed by atoms with Gasteiger partial charge in [-0.2, -0.15) is 0 Å². The van der Waals surface area contributed by atoms with Crippen LogP contribution in [-0.4, -0.2) is 16.2 Å². The molecule has 2 N–H and O–H groups in total. The van der Waals surface area contributed by atoms with Crippen LogP contribution in [0.4, 0.5) is 0 Å². The number of unbranched alkanes of at least 4 members (excludes halogenated alkanes) is 3. The fraction of sp³-hybridized carbons (Fsp3) is 0.409. The zero-order valence-electron chi connectivity index (χ0n) is 15.2. The number of aryl methyl sites for hydroxylation is 1. The second kappa shape index (κ2) is 9.26. The van der Waals surface area contributed by atoms with Gasteiger partial charge in [0.15, 0.2) is 0 Å². The normalized spacial score (nSPS) is 11.0. The van der Waals surface area contributed by atoms with Gasteiger partial charge >= 0.3 is 5.97 Å². The third-order valence-corrected chi connectivity index (χ3v) is 4.50. The molecule has 3 nitrogen and oxygen atoms in total. The van der Waals surface area contributed by atoms with E-state index in [0.29, 0.717) is 6.42 Å². The lowest BCUT2D eigenvalue weighted by Gasteiger charge is -2.12. The smallest absolute Gasteiger partial charge is 0.339 e. The van der Waals surface area contributed by atoms with Gasteiger partial charge in [-0.05, 0) is 47.6 Å². The lowest BCUT2D eigenvalue weighted by atomic mass is 9.95. The van der Waals surface area contributed by atoms with E-state index in [2.05, 4.69) is 13.8 Å². The quantitative estimate of drug-likeness (QED) is 0.558. The van der Waals surface area contributed by atoms with Crippen molar-refractivity contribution in [3.63, 3.8) is 0 Å². The minimum absolute atomic E-state index is 0.0174. The summed E-state index contributed by atoms with van der Waals surface area (Å²) >= 11 is 0. The van der Waals surface area contributed by atoms with E-state index < -0.39 is 5.97 Å². The number of hydrogen-bond donors (Lipinski definition) is 2. The number of carboxylic acids is 1. The molecule has 25 heavy (non-hydrogen) atoms. The van der Waals surface area contributed by atoms with Crippen LogP contribution in [0, 0.1) is 5.92 Å². The number of hydrogen-bond acceptors (Lipinski definition) is 2. The van der Waals surface area contributed by atoms with Crippen molar-refractivity contribution in [2.24, 2.45) is 5.92 Å². The van der Waals surface area contributed by atoms with Gasteiger partial charge in [0.05, 0.1) is 0 Å². The van der Waals surface area contributed by atoms with Gasteiger partial charge in [-0.25, -0.2) is 4.79 Å². The minimum Gasteiger partial charge on any atom is -0.507 e. The second-order valence-corrected chi connectivity index (χ2v) is 7.05. The summed E-state index contributed by atoms with van der Waals surface area (Å²) in [5.74, 6) is -0.437. The molecule has 0 aromatic heterocycles. The first-order valence-corrected chi connectivity index (χ1v) is 9.13. The summed E-state index contributed by atoms with van der Waals surface area (Å²) in [5, 5.41) is 19.7. The third-order valence-electron chi connectivity index (χ3n) is 4.50. The standard InChI is InChI=1S/C22H28O3/c1-16(2)10-6-3-4-7-13-18-14-19(17-11-8-5-9-12-17)15-20(21(18)23)22(24)25/h5,8-9,11-12,14-16,23H,3-4,6-7,10,13H2,1-2H3,(H,24,25). The highest BCUT2D eigenvalue weighted by Crippen LogP contribution is 2.31. The van der Waals surface area contributed by atoms with Gasteiger partial charge in [0.1, 0.15) is 11.3 Å². The summed E-state index contributed by atoms with van der Waals surface area (Å²) in [4.78, 5) is 11.5. The molecule has 0 unspecified atom stereocenters. The highest BCUT2D eigenvalue weighted by molar-refractivity contribution is 5.93. The molecule has 2 rings (SSSR count). The molecule has 134 valence electrons. The Bertz CT molecular complexity index is 690. The second-order valence-electron chi connectivity index (χ2n) is 7.05. The predicted molar refractivity (Wildman–Crippen MR) is 102 cm³/mol. The molecule has 0 amide bonds. The van der Waals surface area contributed by atoms with E-state index in [1.807, 2.05) is 36.4 Å². The minimum atomic E-state index is -1.09. The maximum Gasteiger partial charge on any atom is 0.339 e. The van der Waals surface area contributed by atoms with Crippen molar-refractivity contribution in [2.75, 3.05) is 0 Å². The van der Waals surface area contributed by atoms with Crippen molar-refractivity contribution < 1.29 is 15.0 Å². The van der Waals surface area contributed by atoms with Gasteiger partial charge in [0.25, 0.3) is 0 Å². The molecular formula is C22H28O3. The first kappa shape index (κ1) is 19.0. The van der Waals surface area contributed by atoms with Crippen LogP contribution in [0.5, 0.6) is 5.75 Å². The molecule has 0 heterocycles. The van der Waals surface area contributed by atoms with E-state index in [-0.39, 0.29) is 11.3 Å². The average Bonchev–Trinajstić information content (AvgIpc) is 2.59. The van der Waals surface area contributed by atoms with Crippen molar-refractivity contribution in [3.8, 4) is 16.9 Å². The number of benzene rings is 2.